The molecule has 0 fully saturated rings. The second-order valence-electron chi connectivity index (χ2n) is 4.05. The van der Waals surface area contributed by atoms with Crippen molar-refractivity contribution in [2.24, 2.45) is 0 Å². The summed E-state index contributed by atoms with van der Waals surface area (Å²) in [6.45, 7) is 4.16. The predicted molar refractivity (Wildman–Crippen MR) is 66.5 cm³/mol. The summed E-state index contributed by atoms with van der Waals surface area (Å²) in [6.07, 6.45) is 2.13. The summed E-state index contributed by atoms with van der Waals surface area (Å²) >= 11 is 6.22. The van der Waals surface area contributed by atoms with Gasteiger partial charge >= 0.3 is 0 Å². The summed E-state index contributed by atoms with van der Waals surface area (Å²) in [4.78, 5) is 10.3. The number of carbonyl (C=O) groups excluding carboxylic acids is 1. The van der Waals surface area contributed by atoms with Crippen LogP contribution in [0.3, 0.4) is 0 Å². The highest BCUT2D eigenvalue weighted by molar-refractivity contribution is 6.31. The zero-order chi connectivity index (χ0) is 12.1. The molecular formula is C13H17ClO2. The number of halogens is 1. The Balaban J connectivity index is 3.10. The highest BCUT2D eigenvalue weighted by Crippen LogP contribution is 2.34. The molecule has 0 radical (unpaired) electrons. The van der Waals surface area contributed by atoms with Crippen molar-refractivity contribution in [3.05, 3.63) is 28.3 Å². The van der Waals surface area contributed by atoms with Crippen LogP contribution in [0.1, 0.15) is 37.3 Å². The van der Waals surface area contributed by atoms with E-state index in [9.17, 15) is 4.79 Å². The van der Waals surface area contributed by atoms with E-state index in [2.05, 4.69) is 13.8 Å². The van der Waals surface area contributed by atoms with Crippen LogP contribution in [0.2, 0.25) is 5.02 Å². The number of ether oxygens (including phenoxy) is 1. The first-order valence-electron chi connectivity index (χ1n) is 5.40. The first-order valence-corrected chi connectivity index (χ1v) is 5.77. The number of aryl methyl sites for hydroxylation is 1. The van der Waals surface area contributed by atoms with Crippen molar-refractivity contribution in [1.29, 1.82) is 0 Å². The maximum absolute atomic E-state index is 10.3. The maximum Gasteiger partial charge on any atom is 0.124 e. The quantitative estimate of drug-likeness (QED) is 0.735. The summed E-state index contributed by atoms with van der Waals surface area (Å²) in [5.41, 5.74) is 2.07. The van der Waals surface area contributed by atoms with E-state index in [0.717, 1.165) is 28.2 Å². The van der Waals surface area contributed by atoms with E-state index in [1.54, 1.807) is 7.11 Å². The van der Waals surface area contributed by atoms with Gasteiger partial charge in [-0.15, -0.1) is 0 Å². The fourth-order valence-electron chi connectivity index (χ4n) is 1.75. The van der Waals surface area contributed by atoms with Crippen molar-refractivity contribution in [1.82, 2.24) is 0 Å². The smallest absolute Gasteiger partial charge is 0.124 e. The third kappa shape index (κ3) is 2.99. The molecule has 0 heterocycles. The first kappa shape index (κ1) is 13.0. The molecule has 1 aromatic carbocycles. The molecule has 0 saturated carbocycles. The first-order chi connectivity index (χ1) is 7.60. The Morgan fingerprint density at radius 1 is 1.44 bits per heavy atom. The number of aldehydes is 1. The van der Waals surface area contributed by atoms with Crippen LogP contribution in [0.4, 0.5) is 0 Å². The minimum absolute atomic E-state index is 0.322. The lowest BCUT2D eigenvalue weighted by atomic mass is 9.98. The summed E-state index contributed by atoms with van der Waals surface area (Å²) in [5, 5.41) is 0.718. The highest BCUT2D eigenvalue weighted by Gasteiger charge is 2.13. The van der Waals surface area contributed by atoms with Crippen molar-refractivity contribution in [3.8, 4) is 5.75 Å². The Bertz CT molecular complexity index is 372. The third-order valence-electron chi connectivity index (χ3n) is 2.50. The molecule has 0 saturated heterocycles. The van der Waals surface area contributed by atoms with Crippen LogP contribution in [-0.4, -0.2) is 13.4 Å². The Kier molecular flexibility index (Phi) is 4.81. The molecule has 0 aliphatic carbocycles. The summed E-state index contributed by atoms with van der Waals surface area (Å²) in [6, 6.07) is 3.88. The highest BCUT2D eigenvalue weighted by atomic mass is 35.5. The SMILES string of the molecule is COc1cc(CCC=O)cc(Cl)c1C(C)C. The Morgan fingerprint density at radius 3 is 2.62 bits per heavy atom. The fraction of sp³-hybridized carbons (Fsp3) is 0.462. The predicted octanol–water partition coefficient (Wildman–Crippen LogP) is 3.60. The standard InChI is InChI=1S/C13H17ClO2/c1-9(2)13-11(14)7-10(5-4-6-15)8-12(13)16-3/h6-9H,4-5H2,1-3H3. The second kappa shape index (κ2) is 5.90. The topological polar surface area (TPSA) is 26.3 Å². The van der Waals surface area contributed by atoms with Crippen molar-refractivity contribution in [3.63, 3.8) is 0 Å². The number of methoxy groups -OCH3 is 1. The summed E-state index contributed by atoms with van der Waals surface area (Å²) in [7, 11) is 1.64. The molecule has 0 aliphatic rings. The minimum atomic E-state index is 0.322. The van der Waals surface area contributed by atoms with Crippen LogP contribution in [0.15, 0.2) is 12.1 Å². The van der Waals surface area contributed by atoms with Crippen molar-refractivity contribution >= 4 is 17.9 Å². The van der Waals surface area contributed by atoms with E-state index < -0.39 is 0 Å². The molecule has 0 N–H and O–H groups in total. The van der Waals surface area contributed by atoms with Gasteiger partial charge in [0.05, 0.1) is 7.11 Å². The molecule has 0 unspecified atom stereocenters. The van der Waals surface area contributed by atoms with Gasteiger partial charge in [0.1, 0.15) is 12.0 Å². The molecular weight excluding hydrogens is 224 g/mol. The fourth-order valence-corrected chi connectivity index (χ4v) is 2.20. The van der Waals surface area contributed by atoms with Gasteiger partial charge in [0, 0.05) is 17.0 Å². The van der Waals surface area contributed by atoms with Gasteiger partial charge in [0.2, 0.25) is 0 Å². The summed E-state index contributed by atoms with van der Waals surface area (Å²) in [5.74, 6) is 1.13. The van der Waals surface area contributed by atoms with Crippen LogP contribution in [0.25, 0.3) is 0 Å². The lowest BCUT2D eigenvalue weighted by Crippen LogP contribution is -1.98. The number of rotatable bonds is 5. The molecule has 0 spiro atoms. The number of hydrogen-bond donors (Lipinski definition) is 0. The second-order valence-corrected chi connectivity index (χ2v) is 4.46. The van der Waals surface area contributed by atoms with E-state index in [0.29, 0.717) is 18.8 Å². The molecule has 16 heavy (non-hydrogen) atoms. The number of carbonyl (C=O) groups is 1. The zero-order valence-electron chi connectivity index (χ0n) is 9.92. The minimum Gasteiger partial charge on any atom is -0.496 e. The average molecular weight is 241 g/mol. The van der Waals surface area contributed by atoms with Crippen molar-refractivity contribution in [2.75, 3.05) is 7.11 Å². The van der Waals surface area contributed by atoms with Crippen molar-refractivity contribution < 1.29 is 9.53 Å². The molecule has 0 atom stereocenters. The average Bonchev–Trinajstić information content (AvgIpc) is 2.24. The third-order valence-corrected chi connectivity index (χ3v) is 2.81. The van der Waals surface area contributed by atoms with Gasteiger partial charge in [-0.1, -0.05) is 25.4 Å². The van der Waals surface area contributed by atoms with Crippen LogP contribution in [-0.2, 0) is 11.2 Å². The molecule has 3 heteroatoms. The monoisotopic (exact) mass is 240 g/mol. The molecule has 2 nitrogen and oxygen atoms in total. The van der Waals surface area contributed by atoms with Gasteiger partial charge < -0.3 is 9.53 Å². The summed E-state index contributed by atoms with van der Waals surface area (Å²) < 4.78 is 5.34. The van der Waals surface area contributed by atoms with E-state index in [4.69, 9.17) is 16.3 Å². The van der Waals surface area contributed by atoms with Gasteiger partial charge in [-0.25, -0.2) is 0 Å². The van der Waals surface area contributed by atoms with E-state index in [-0.39, 0.29) is 0 Å². The van der Waals surface area contributed by atoms with Crippen LogP contribution < -0.4 is 4.74 Å². The van der Waals surface area contributed by atoms with E-state index in [1.807, 2.05) is 12.1 Å². The Labute approximate surface area is 102 Å². The van der Waals surface area contributed by atoms with E-state index >= 15 is 0 Å². The van der Waals surface area contributed by atoms with Crippen LogP contribution in [0.5, 0.6) is 5.75 Å². The van der Waals surface area contributed by atoms with Gasteiger partial charge in [0.25, 0.3) is 0 Å². The molecule has 1 aromatic rings. The zero-order valence-corrected chi connectivity index (χ0v) is 10.7. The molecule has 88 valence electrons. The normalized spacial score (nSPS) is 10.6. The lowest BCUT2D eigenvalue weighted by Gasteiger charge is -2.15. The lowest BCUT2D eigenvalue weighted by molar-refractivity contribution is -0.107. The molecule has 1 rings (SSSR count). The Hall–Kier alpha value is -1.02. The molecule has 0 aliphatic heterocycles. The van der Waals surface area contributed by atoms with Gasteiger partial charge in [0.15, 0.2) is 0 Å². The largest absolute Gasteiger partial charge is 0.496 e. The maximum atomic E-state index is 10.3. The molecule has 0 bridgehead atoms. The van der Waals surface area contributed by atoms with Crippen molar-refractivity contribution in [2.45, 2.75) is 32.6 Å². The van der Waals surface area contributed by atoms with Crippen LogP contribution in [0, 0.1) is 0 Å². The number of hydrogen-bond acceptors (Lipinski definition) is 2. The molecule has 0 aromatic heterocycles. The van der Waals surface area contributed by atoms with Gasteiger partial charge in [-0.2, -0.15) is 0 Å². The molecule has 0 amide bonds. The van der Waals surface area contributed by atoms with Crippen LogP contribution >= 0.6 is 11.6 Å². The van der Waals surface area contributed by atoms with Gasteiger partial charge in [-0.05, 0) is 30.0 Å². The van der Waals surface area contributed by atoms with E-state index in [1.165, 1.54) is 0 Å². The van der Waals surface area contributed by atoms with Gasteiger partial charge in [-0.3, -0.25) is 0 Å². The number of benzene rings is 1. The Morgan fingerprint density at radius 2 is 2.12 bits per heavy atom.